The molecule has 1 atom stereocenters. The Bertz CT molecular complexity index is 664. The Morgan fingerprint density at radius 3 is 1.05 bits per heavy atom. The highest BCUT2D eigenvalue weighted by Gasteiger charge is 2.11. The minimum atomic E-state index is 0.638. The molecule has 1 aromatic rings. The molecule has 2 heteroatoms. The van der Waals surface area contributed by atoms with Gasteiger partial charge in [-0.2, -0.15) is 0 Å². The molecule has 0 fully saturated rings. The Kier molecular flexibility index (Phi) is 31.5. The van der Waals surface area contributed by atoms with Gasteiger partial charge in [-0.1, -0.05) is 206 Å². The molecule has 1 unspecified atom stereocenters. The van der Waals surface area contributed by atoms with E-state index in [2.05, 4.69) is 48.6 Å². The maximum atomic E-state index is 2.46. The Hall–Kier alpha value is -0.790. The predicted octanol–water partition coefficient (Wildman–Crippen LogP) is 14.6. The van der Waals surface area contributed by atoms with Gasteiger partial charge in [0, 0.05) is 0 Å². The Labute approximate surface area is 279 Å². The van der Waals surface area contributed by atoms with Crippen LogP contribution in [0.4, 0.5) is 0 Å². The highest BCUT2D eigenvalue weighted by atomic mass is 15.1. The van der Waals surface area contributed by atoms with E-state index >= 15 is 0 Å². The second-order valence-corrected chi connectivity index (χ2v) is 14.7. The largest absolute Gasteiger partial charge is 0.243 e. The van der Waals surface area contributed by atoms with Crippen LogP contribution in [0.2, 0.25) is 0 Å². The van der Waals surface area contributed by atoms with Crippen molar-refractivity contribution < 1.29 is 4.57 Å². The van der Waals surface area contributed by atoms with E-state index in [1.54, 1.807) is 0 Å². The van der Waals surface area contributed by atoms with Crippen molar-refractivity contribution in [1.29, 1.82) is 0 Å². The quantitative estimate of drug-likeness (QED) is 0.0524. The third-order valence-corrected chi connectivity index (χ3v) is 10.2. The second-order valence-electron chi connectivity index (χ2n) is 14.7. The molecule has 0 saturated heterocycles. The van der Waals surface area contributed by atoms with Crippen molar-refractivity contribution in [2.45, 2.75) is 252 Å². The molecular formula is C42H83N2+. The van der Waals surface area contributed by atoms with Gasteiger partial charge in [-0.15, -0.1) is 0 Å². The molecule has 0 aliphatic rings. The van der Waals surface area contributed by atoms with E-state index in [1.807, 2.05) is 0 Å². The topological polar surface area (TPSA) is 8.81 Å². The molecule has 0 aromatic carbocycles. The van der Waals surface area contributed by atoms with Crippen molar-refractivity contribution in [2.75, 3.05) is 0 Å². The molecule has 1 heterocycles. The second kappa shape index (κ2) is 33.6. The summed E-state index contributed by atoms with van der Waals surface area (Å²) in [6.45, 7) is 8.21. The van der Waals surface area contributed by atoms with E-state index < -0.39 is 0 Å². The summed E-state index contributed by atoms with van der Waals surface area (Å²) >= 11 is 0. The Morgan fingerprint density at radius 2 is 0.705 bits per heavy atom. The molecule has 0 aliphatic heterocycles. The fourth-order valence-corrected chi connectivity index (χ4v) is 6.96. The first-order valence-electron chi connectivity index (χ1n) is 20.8. The van der Waals surface area contributed by atoms with Gasteiger partial charge in [-0.05, 0) is 32.6 Å². The first-order chi connectivity index (χ1) is 21.8. The summed E-state index contributed by atoms with van der Waals surface area (Å²) in [4.78, 5) is 0. The van der Waals surface area contributed by atoms with Crippen molar-refractivity contribution in [3.05, 3.63) is 18.7 Å². The van der Waals surface area contributed by atoms with Crippen molar-refractivity contribution in [2.24, 2.45) is 0 Å². The van der Waals surface area contributed by atoms with Gasteiger partial charge in [0.2, 0.25) is 6.33 Å². The number of aryl methyl sites for hydroxylation is 1. The summed E-state index contributed by atoms with van der Waals surface area (Å²) in [5.74, 6) is 0. The fourth-order valence-electron chi connectivity index (χ4n) is 6.96. The molecule has 0 N–H and O–H groups in total. The van der Waals surface area contributed by atoms with Gasteiger partial charge in [0.25, 0.3) is 0 Å². The van der Waals surface area contributed by atoms with Crippen LogP contribution in [0.3, 0.4) is 0 Å². The summed E-state index contributed by atoms with van der Waals surface area (Å²) in [5, 5.41) is 0. The van der Waals surface area contributed by atoms with Gasteiger partial charge in [0.05, 0.1) is 12.6 Å². The van der Waals surface area contributed by atoms with E-state index in [9.17, 15) is 0 Å². The van der Waals surface area contributed by atoms with Gasteiger partial charge in [-0.3, -0.25) is 0 Å². The predicted molar refractivity (Wildman–Crippen MR) is 198 cm³/mol. The molecule has 1 aromatic heterocycles. The van der Waals surface area contributed by atoms with Crippen molar-refractivity contribution in [3.63, 3.8) is 0 Å². The fraction of sp³-hybridized carbons (Fsp3) is 0.929. The van der Waals surface area contributed by atoms with Crippen LogP contribution in [0.25, 0.3) is 0 Å². The van der Waals surface area contributed by atoms with Gasteiger partial charge in [0.1, 0.15) is 12.4 Å². The van der Waals surface area contributed by atoms with Crippen LogP contribution >= 0.6 is 0 Å². The zero-order valence-corrected chi connectivity index (χ0v) is 31.0. The molecule has 44 heavy (non-hydrogen) atoms. The zero-order valence-electron chi connectivity index (χ0n) is 31.0. The lowest BCUT2D eigenvalue weighted by Gasteiger charge is -2.08. The monoisotopic (exact) mass is 616 g/mol. The number of hydrogen-bond acceptors (Lipinski definition) is 0. The summed E-state index contributed by atoms with van der Waals surface area (Å²) in [6.07, 6.45) is 56.1. The van der Waals surface area contributed by atoms with E-state index in [0.29, 0.717) is 6.04 Å². The molecule has 0 spiro atoms. The molecule has 0 bridgehead atoms. The number of rotatable bonds is 36. The summed E-state index contributed by atoms with van der Waals surface area (Å²) in [6, 6.07) is 0.638. The van der Waals surface area contributed by atoms with Crippen LogP contribution in [0.5, 0.6) is 0 Å². The van der Waals surface area contributed by atoms with Crippen LogP contribution in [-0.2, 0) is 6.54 Å². The minimum absolute atomic E-state index is 0.638. The minimum Gasteiger partial charge on any atom is -0.237 e. The summed E-state index contributed by atoms with van der Waals surface area (Å²) in [5.41, 5.74) is 0. The first-order valence-corrected chi connectivity index (χ1v) is 20.8. The van der Waals surface area contributed by atoms with Crippen LogP contribution in [0.1, 0.15) is 245 Å². The Balaban J connectivity index is 1.83. The SMILES string of the molecule is CCCCCCCCCCCCCCCCCCCC[n+]1ccn(C(C)CCCCCCCCCCCCCCCCC)c1. The van der Waals surface area contributed by atoms with Gasteiger partial charge in [0.15, 0.2) is 0 Å². The van der Waals surface area contributed by atoms with Gasteiger partial charge >= 0.3 is 0 Å². The summed E-state index contributed by atoms with van der Waals surface area (Å²) < 4.78 is 4.88. The smallest absolute Gasteiger partial charge is 0.237 e. The van der Waals surface area contributed by atoms with E-state index in [4.69, 9.17) is 0 Å². The average molecular weight is 616 g/mol. The molecule has 0 saturated carbocycles. The van der Waals surface area contributed by atoms with E-state index in [0.717, 1.165) is 0 Å². The molecule has 260 valence electrons. The Morgan fingerprint density at radius 1 is 0.409 bits per heavy atom. The van der Waals surface area contributed by atoms with E-state index in [-0.39, 0.29) is 0 Å². The molecule has 0 amide bonds. The zero-order chi connectivity index (χ0) is 31.6. The number of imidazole rings is 1. The van der Waals surface area contributed by atoms with Crippen LogP contribution in [0, 0.1) is 0 Å². The van der Waals surface area contributed by atoms with E-state index in [1.165, 1.54) is 225 Å². The first kappa shape index (κ1) is 41.2. The van der Waals surface area contributed by atoms with Gasteiger partial charge < -0.3 is 0 Å². The highest BCUT2D eigenvalue weighted by molar-refractivity contribution is 4.72. The molecular weight excluding hydrogens is 532 g/mol. The molecule has 1 rings (SSSR count). The van der Waals surface area contributed by atoms with Crippen molar-refractivity contribution >= 4 is 0 Å². The number of aromatic nitrogens is 2. The number of nitrogens with zero attached hydrogens (tertiary/aromatic N) is 2. The maximum Gasteiger partial charge on any atom is 0.243 e. The van der Waals surface area contributed by atoms with Crippen LogP contribution < -0.4 is 4.57 Å². The van der Waals surface area contributed by atoms with Crippen molar-refractivity contribution in [3.8, 4) is 0 Å². The number of unbranched alkanes of at least 4 members (excludes halogenated alkanes) is 31. The summed E-state index contributed by atoms with van der Waals surface area (Å²) in [7, 11) is 0. The van der Waals surface area contributed by atoms with Crippen LogP contribution in [-0.4, -0.2) is 4.57 Å². The van der Waals surface area contributed by atoms with Crippen molar-refractivity contribution in [1.82, 2.24) is 4.57 Å². The third kappa shape index (κ3) is 27.5. The lowest BCUT2D eigenvalue weighted by molar-refractivity contribution is -0.697. The van der Waals surface area contributed by atoms with Gasteiger partial charge in [-0.25, -0.2) is 9.13 Å². The number of hydrogen-bond donors (Lipinski definition) is 0. The maximum absolute atomic E-state index is 2.46. The highest BCUT2D eigenvalue weighted by Crippen LogP contribution is 2.18. The normalized spacial score (nSPS) is 12.3. The van der Waals surface area contributed by atoms with Crippen LogP contribution in [0.15, 0.2) is 18.7 Å². The molecule has 0 aliphatic carbocycles. The molecule has 0 radical (unpaired) electrons. The lowest BCUT2D eigenvalue weighted by Crippen LogP contribution is -2.31. The molecule has 2 nitrogen and oxygen atoms in total. The average Bonchev–Trinajstić information content (AvgIpc) is 3.51. The standard InChI is InChI=1S/C42H83N2/c1-4-6-8-10-12-14-16-18-20-21-22-24-26-28-30-32-34-36-38-43-39-40-44(41-43)42(3)37-35-33-31-29-27-25-23-19-17-15-13-11-9-7-5-2/h39-42H,4-38H2,1-3H3/q+1. The third-order valence-electron chi connectivity index (χ3n) is 10.2. The lowest BCUT2D eigenvalue weighted by atomic mass is 10.0.